The van der Waals surface area contributed by atoms with Gasteiger partial charge in [-0.25, -0.2) is 4.39 Å². The molecule has 0 unspecified atom stereocenters. The quantitative estimate of drug-likeness (QED) is 0.767. The molecule has 0 aromatic heterocycles. The first-order valence-electron chi connectivity index (χ1n) is 5.08. The first-order valence-corrected chi connectivity index (χ1v) is 5.08. The monoisotopic (exact) mass is 269 g/mol. The summed E-state index contributed by atoms with van der Waals surface area (Å²) in [5.41, 5.74) is -0.724. The maximum absolute atomic E-state index is 12.8. The third-order valence-electron chi connectivity index (χ3n) is 2.76. The van der Waals surface area contributed by atoms with Gasteiger partial charge in [-0.3, -0.25) is 0 Å². The van der Waals surface area contributed by atoms with Crippen LogP contribution >= 0.6 is 12.4 Å². The summed E-state index contributed by atoms with van der Waals surface area (Å²) < 4.78 is 50.9. The van der Waals surface area contributed by atoms with E-state index < -0.39 is 17.6 Å². The van der Waals surface area contributed by atoms with Crippen LogP contribution < -0.4 is 5.32 Å². The predicted molar refractivity (Wildman–Crippen MR) is 58.6 cm³/mol. The van der Waals surface area contributed by atoms with E-state index in [1.54, 1.807) is 0 Å². The van der Waals surface area contributed by atoms with Crippen LogP contribution in [0.5, 0.6) is 0 Å². The van der Waals surface area contributed by atoms with E-state index in [9.17, 15) is 17.6 Å². The Morgan fingerprint density at radius 3 is 2.47 bits per heavy atom. The first-order chi connectivity index (χ1) is 7.48. The molecule has 1 atom stereocenters. The Morgan fingerprint density at radius 2 is 1.94 bits per heavy atom. The normalized spacial score (nSPS) is 20.1. The van der Waals surface area contributed by atoms with Gasteiger partial charge in [0.1, 0.15) is 5.82 Å². The topological polar surface area (TPSA) is 12.0 Å². The third kappa shape index (κ3) is 3.10. The van der Waals surface area contributed by atoms with Gasteiger partial charge in [-0.05, 0) is 37.1 Å². The molecule has 0 aliphatic carbocycles. The fraction of sp³-hybridized carbons (Fsp3) is 0.455. The second kappa shape index (κ2) is 5.23. The van der Waals surface area contributed by atoms with Gasteiger partial charge in [0.15, 0.2) is 0 Å². The molecule has 0 spiro atoms. The number of halogens is 5. The maximum Gasteiger partial charge on any atom is 0.416 e. The summed E-state index contributed by atoms with van der Waals surface area (Å²) in [5.74, 6) is -0.853. The van der Waals surface area contributed by atoms with Gasteiger partial charge in [0, 0.05) is 6.04 Å². The van der Waals surface area contributed by atoms with Crippen molar-refractivity contribution in [1.82, 2.24) is 5.32 Å². The molecule has 96 valence electrons. The van der Waals surface area contributed by atoms with Crippen LogP contribution in [0.1, 0.15) is 30.0 Å². The molecule has 1 aliphatic heterocycles. The molecule has 1 nitrogen and oxygen atoms in total. The average molecular weight is 270 g/mol. The second-order valence-electron chi connectivity index (χ2n) is 3.88. The van der Waals surface area contributed by atoms with Gasteiger partial charge in [0.25, 0.3) is 0 Å². The standard InChI is InChI=1S/C11H11F4N.ClH/c12-7-3-4-8(10-2-1-5-16-10)9(6-7)11(13,14)15;/h3-4,6,10,16H,1-2,5H2;1H/t10-;/m1./s1. The van der Waals surface area contributed by atoms with Crippen LogP contribution in [0.25, 0.3) is 0 Å². The molecule has 1 heterocycles. The van der Waals surface area contributed by atoms with Crippen LogP contribution in [-0.4, -0.2) is 6.54 Å². The SMILES string of the molecule is Cl.Fc1ccc([C@H]2CCCN2)c(C(F)(F)F)c1. The lowest BCUT2D eigenvalue weighted by Gasteiger charge is -2.17. The van der Waals surface area contributed by atoms with Gasteiger partial charge in [0.05, 0.1) is 5.56 Å². The van der Waals surface area contributed by atoms with Gasteiger partial charge in [-0.2, -0.15) is 13.2 Å². The molecule has 17 heavy (non-hydrogen) atoms. The number of hydrogen-bond acceptors (Lipinski definition) is 1. The second-order valence-corrected chi connectivity index (χ2v) is 3.88. The molecular formula is C11H12ClF4N. The van der Waals surface area contributed by atoms with E-state index in [-0.39, 0.29) is 24.0 Å². The summed E-state index contributed by atoms with van der Waals surface area (Å²) in [6, 6.07) is 2.55. The average Bonchev–Trinajstić information content (AvgIpc) is 2.69. The summed E-state index contributed by atoms with van der Waals surface area (Å²) >= 11 is 0. The molecule has 6 heteroatoms. The van der Waals surface area contributed by atoms with E-state index in [1.165, 1.54) is 6.07 Å². The van der Waals surface area contributed by atoms with Crippen molar-refractivity contribution in [2.45, 2.75) is 25.1 Å². The van der Waals surface area contributed by atoms with Gasteiger partial charge >= 0.3 is 6.18 Å². The number of rotatable bonds is 1. The van der Waals surface area contributed by atoms with Gasteiger partial charge < -0.3 is 5.32 Å². The minimum absolute atomic E-state index is 0. The minimum atomic E-state index is -4.50. The number of benzene rings is 1. The highest BCUT2D eigenvalue weighted by molar-refractivity contribution is 5.85. The highest BCUT2D eigenvalue weighted by atomic mass is 35.5. The highest BCUT2D eigenvalue weighted by Gasteiger charge is 2.36. The maximum atomic E-state index is 12.8. The van der Waals surface area contributed by atoms with Crippen molar-refractivity contribution in [3.8, 4) is 0 Å². The molecule has 0 bridgehead atoms. The van der Waals surface area contributed by atoms with E-state index in [4.69, 9.17) is 0 Å². The molecule has 1 aromatic carbocycles. The summed E-state index contributed by atoms with van der Waals surface area (Å²) in [7, 11) is 0. The summed E-state index contributed by atoms with van der Waals surface area (Å²) in [5, 5.41) is 2.98. The van der Waals surface area contributed by atoms with Crippen LogP contribution in [0.3, 0.4) is 0 Å². The van der Waals surface area contributed by atoms with Gasteiger partial charge in [-0.15, -0.1) is 12.4 Å². The van der Waals surface area contributed by atoms with Crippen molar-refractivity contribution in [2.75, 3.05) is 6.54 Å². The largest absolute Gasteiger partial charge is 0.416 e. The number of hydrogen-bond donors (Lipinski definition) is 1. The molecular weight excluding hydrogens is 258 g/mol. The predicted octanol–water partition coefficient (Wildman–Crippen LogP) is 3.69. The molecule has 0 radical (unpaired) electrons. The van der Waals surface area contributed by atoms with E-state index in [0.717, 1.165) is 12.5 Å². The lowest BCUT2D eigenvalue weighted by molar-refractivity contribution is -0.138. The fourth-order valence-corrected chi connectivity index (χ4v) is 2.03. The third-order valence-corrected chi connectivity index (χ3v) is 2.76. The zero-order chi connectivity index (χ0) is 11.8. The van der Waals surface area contributed by atoms with Crippen molar-refractivity contribution in [3.63, 3.8) is 0 Å². The molecule has 1 fully saturated rings. The highest BCUT2D eigenvalue weighted by Crippen LogP contribution is 2.37. The zero-order valence-corrected chi connectivity index (χ0v) is 9.67. The van der Waals surface area contributed by atoms with Crippen molar-refractivity contribution < 1.29 is 17.6 Å². The molecule has 0 saturated carbocycles. The molecule has 2 rings (SSSR count). The Hall–Kier alpha value is -0.810. The van der Waals surface area contributed by atoms with Crippen molar-refractivity contribution in [1.29, 1.82) is 0 Å². The Balaban J connectivity index is 0.00000144. The molecule has 1 N–H and O–H groups in total. The Labute approximate surface area is 103 Å². The first kappa shape index (κ1) is 14.3. The number of alkyl halides is 3. The van der Waals surface area contributed by atoms with Crippen LogP contribution in [0.2, 0.25) is 0 Å². The Bertz CT molecular complexity index is 386. The van der Waals surface area contributed by atoms with Crippen LogP contribution in [-0.2, 0) is 6.18 Å². The van der Waals surface area contributed by atoms with Crippen LogP contribution in [0, 0.1) is 5.82 Å². The van der Waals surface area contributed by atoms with Crippen LogP contribution in [0.4, 0.5) is 17.6 Å². The molecule has 1 saturated heterocycles. The minimum Gasteiger partial charge on any atom is -0.310 e. The lowest BCUT2D eigenvalue weighted by atomic mass is 9.98. The van der Waals surface area contributed by atoms with E-state index in [1.807, 2.05) is 0 Å². The number of nitrogens with one attached hydrogen (secondary N) is 1. The van der Waals surface area contributed by atoms with Crippen molar-refractivity contribution >= 4 is 12.4 Å². The summed E-state index contributed by atoms with van der Waals surface area (Å²) in [4.78, 5) is 0. The van der Waals surface area contributed by atoms with Gasteiger partial charge in [0.2, 0.25) is 0 Å². The molecule has 1 aliphatic rings. The van der Waals surface area contributed by atoms with E-state index in [0.29, 0.717) is 19.0 Å². The van der Waals surface area contributed by atoms with Crippen LogP contribution in [0.15, 0.2) is 18.2 Å². The van der Waals surface area contributed by atoms with Crippen molar-refractivity contribution in [2.24, 2.45) is 0 Å². The fourth-order valence-electron chi connectivity index (χ4n) is 2.03. The summed E-state index contributed by atoms with van der Waals surface area (Å²) in [6.45, 7) is 0.708. The van der Waals surface area contributed by atoms with E-state index >= 15 is 0 Å². The summed E-state index contributed by atoms with van der Waals surface area (Å²) in [6.07, 6.45) is -2.99. The van der Waals surface area contributed by atoms with Crippen molar-refractivity contribution in [3.05, 3.63) is 35.1 Å². The van der Waals surface area contributed by atoms with Gasteiger partial charge in [-0.1, -0.05) is 6.07 Å². The zero-order valence-electron chi connectivity index (χ0n) is 8.85. The van der Waals surface area contributed by atoms with E-state index in [2.05, 4.69) is 5.32 Å². The smallest absolute Gasteiger partial charge is 0.310 e. The molecule has 0 amide bonds. The Kier molecular flexibility index (Phi) is 4.38. The molecule has 1 aromatic rings. The Morgan fingerprint density at radius 1 is 1.24 bits per heavy atom. The lowest BCUT2D eigenvalue weighted by Crippen LogP contribution is -2.18.